The van der Waals surface area contributed by atoms with Crippen LogP contribution in [0.3, 0.4) is 0 Å². The van der Waals surface area contributed by atoms with Crippen LogP contribution in [0.15, 0.2) is 79.0 Å². The first-order chi connectivity index (χ1) is 11.9. The predicted molar refractivity (Wildman–Crippen MR) is 101 cm³/mol. The Bertz CT molecular complexity index is 1290. The molecule has 1 heteroatoms. The Balaban J connectivity index is 1.93. The van der Waals surface area contributed by atoms with Crippen molar-refractivity contribution in [2.24, 2.45) is 0 Å². The van der Waals surface area contributed by atoms with Crippen molar-refractivity contribution in [2.45, 2.75) is 0 Å². The van der Waals surface area contributed by atoms with Gasteiger partial charge in [0.2, 0.25) is 0 Å². The van der Waals surface area contributed by atoms with E-state index < -0.39 is 0 Å². The molecule has 0 saturated carbocycles. The highest BCUT2D eigenvalue weighted by Gasteiger charge is 2.24. The molecule has 1 heterocycles. The van der Waals surface area contributed by atoms with E-state index in [1.807, 2.05) is 6.20 Å². The highest BCUT2D eigenvalue weighted by atomic mass is 14.6. The summed E-state index contributed by atoms with van der Waals surface area (Å²) in [7, 11) is 0. The summed E-state index contributed by atoms with van der Waals surface area (Å²) in [5.41, 5.74) is 6.38. The molecular formula is C23H13N. The van der Waals surface area contributed by atoms with Crippen LogP contribution in [0.25, 0.3) is 54.7 Å². The van der Waals surface area contributed by atoms with E-state index >= 15 is 0 Å². The lowest BCUT2D eigenvalue weighted by atomic mass is 9.93. The largest absolute Gasteiger partial charge is 0.256 e. The van der Waals surface area contributed by atoms with Gasteiger partial charge in [-0.25, -0.2) is 0 Å². The third-order valence-electron chi connectivity index (χ3n) is 5.24. The second-order valence-corrected chi connectivity index (χ2v) is 6.43. The van der Waals surface area contributed by atoms with E-state index in [4.69, 9.17) is 0 Å². The third-order valence-corrected chi connectivity index (χ3v) is 5.24. The zero-order valence-corrected chi connectivity index (χ0v) is 13.0. The molecule has 0 bridgehead atoms. The van der Waals surface area contributed by atoms with Crippen LogP contribution in [0, 0.1) is 0 Å². The third kappa shape index (κ3) is 1.38. The Kier molecular flexibility index (Phi) is 2.15. The summed E-state index contributed by atoms with van der Waals surface area (Å²) in [5.74, 6) is 0. The number of nitrogens with zero attached hydrogens (tertiary/aromatic N) is 1. The van der Waals surface area contributed by atoms with Gasteiger partial charge >= 0.3 is 0 Å². The Labute approximate surface area is 139 Å². The molecule has 1 aliphatic carbocycles. The zero-order valence-electron chi connectivity index (χ0n) is 13.0. The van der Waals surface area contributed by atoms with Crippen molar-refractivity contribution in [1.29, 1.82) is 0 Å². The molecule has 1 nitrogen and oxygen atoms in total. The number of hydrogen-bond acceptors (Lipinski definition) is 1. The topological polar surface area (TPSA) is 12.9 Å². The van der Waals surface area contributed by atoms with Crippen LogP contribution in [0.4, 0.5) is 0 Å². The highest BCUT2D eigenvalue weighted by molar-refractivity contribution is 6.25. The fraction of sp³-hybridized carbons (Fsp3) is 0. The van der Waals surface area contributed by atoms with Gasteiger partial charge in [-0.15, -0.1) is 0 Å². The molecule has 0 N–H and O–H groups in total. The van der Waals surface area contributed by atoms with Gasteiger partial charge in [0, 0.05) is 11.6 Å². The number of aromatic nitrogens is 1. The molecule has 0 saturated heterocycles. The van der Waals surface area contributed by atoms with Gasteiger partial charge in [-0.1, -0.05) is 60.7 Å². The highest BCUT2D eigenvalue weighted by Crippen LogP contribution is 2.50. The maximum Gasteiger partial charge on any atom is 0.0714 e. The van der Waals surface area contributed by atoms with Crippen LogP contribution < -0.4 is 0 Å². The Morgan fingerprint density at radius 1 is 0.542 bits per heavy atom. The van der Waals surface area contributed by atoms with E-state index in [2.05, 4.69) is 77.8 Å². The first-order valence-corrected chi connectivity index (χ1v) is 8.25. The average Bonchev–Trinajstić information content (AvgIpc) is 2.98. The van der Waals surface area contributed by atoms with Crippen molar-refractivity contribution in [3.8, 4) is 22.3 Å². The van der Waals surface area contributed by atoms with Crippen molar-refractivity contribution in [3.05, 3.63) is 79.0 Å². The molecule has 0 radical (unpaired) electrons. The van der Waals surface area contributed by atoms with Crippen LogP contribution in [0.5, 0.6) is 0 Å². The van der Waals surface area contributed by atoms with Gasteiger partial charge in [0.25, 0.3) is 0 Å². The molecule has 1 aromatic heterocycles. The van der Waals surface area contributed by atoms with E-state index in [1.54, 1.807) is 0 Å². The Morgan fingerprint density at radius 3 is 2.42 bits per heavy atom. The molecule has 0 atom stereocenters. The van der Waals surface area contributed by atoms with Gasteiger partial charge in [0.1, 0.15) is 0 Å². The van der Waals surface area contributed by atoms with Crippen LogP contribution in [-0.2, 0) is 0 Å². The molecule has 5 aromatic rings. The van der Waals surface area contributed by atoms with Crippen LogP contribution in [0.2, 0.25) is 0 Å². The molecule has 110 valence electrons. The zero-order chi connectivity index (χ0) is 15.7. The molecule has 6 rings (SSSR count). The number of rotatable bonds is 0. The van der Waals surface area contributed by atoms with E-state index in [1.165, 1.54) is 49.2 Å². The van der Waals surface area contributed by atoms with E-state index in [9.17, 15) is 0 Å². The number of pyridine rings is 1. The Morgan fingerprint density at radius 2 is 1.42 bits per heavy atom. The number of fused-ring (bicyclic) bond motifs is 7. The van der Waals surface area contributed by atoms with Crippen molar-refractivity contribution >= 4 is 32.4 Å². The SMILES string of the molecule is c1ccc2c(c1)ccc1ccc3c(c12)-c1ccnc2cccc-3c12. The second-order valence-electron chi connectivity index (χ2n) is 6.43. The summed E-state index contributed by atoms with van der Waals surface area (Å²) in [6.45, 7) is 0. The van der Waals surface area contributed by atoms with Crippen molar-refractivity contribution in [1.82, 2.24) is 4.98 Å². The second kappa shape index (κ2) is 4.21. The molecule has 0 amide bonds. The van der Waals surface area contributed by atoms with Crippen LogP contribution in [-0.4, -0.2) is 4.98 Å². The maximum atomic E-state index is 4.57. The molecule has 4 aromatic carbocycles. The first-order valence-electron chi connectivity index (χ1n) is 8.25. The minimum atomic E-state index is 1.08. The first kappa shape index (κ1) is 12.3. The summed E-state index contributed by atoms with van der Waals surface area (Å²) in [6.07, 6.45) is 1.93. The van der Waals surface area contributed by atoms with Crippen LogP contribution >= 0.6 is 0 Å². The van der Waals surface area contributed by atoms with Crippen molar-refractivity contribution < 1.29 is 0 Å². The van der Waals surface area contributed by atoms with E-state index in [0.717, 1.165) is 5.52 Å². The van der Waals surface area contributed by atoms with Gasteiger partial charge in [0.15, 0.2) is 0 Å². The van der Waals surface area contributed by atoms with Crippen molar-refractivity contribution in [3.63, 3.8) is 0 Å². The summed E-state index contributed by atoms with van der Waals surface area (Å²) in [6, 6.07) is 26.2. The molecular weight excluding hydrogens is 290 g/mol. The molecule has 0 aliphatic heterocycles. The predicted octanol–water partition coefficient (Wildman–Crippen LogP) is 6.19. The van der Waals surface area contributed by atoms with E-state index in [0.29, 0.717) is 0 Å². The quantitative estimate of drug-likeness (QED) is 0.305. The van der Waals surface area contributed by atoms with E-state index in [-0.39, 0.29) is 0 Å². The van der Waals surface area contributed by atoms with Gasteiger partial charge in [-0.2, -0.15) is 0 Å². The minimum Gasteiger partial charge on any atom is -0.256 e. The molecule has 0 fully saturated rings. The standard InChI is InChI=1S/C23H13N/c1-2-5-16-14(4-1)8-9-15-10-11-18-17-6-3-7-20-22(17)19(12-13-24-20)23(18)21(15)16/h1-13H. The number of benzene rings is 4. The van der Waals surface area contributed by atoms with Gasteiger partial charge in [-0.05, 0) is 55.9 Å². The lowest BCUT2D eigenvalue weighted by Gasteiger charge is -2.10. The smallest absolute Gasteiger partial charge is 0.0714 e. The van der Waals surface area contributed by atoms with Gasteiger partial charge in [0.05, 0.1) is 5.52 Å². The molecule has 0 unspecified atom stereocenters. The number of hydrogen-bond donors (Lipinski definition) is 0. The fourth-order valence-corrected chi connectivity index (χ4v) is 4.24. The molecule has 1 aliphatic rings. The summed E-state index contributed by atoms with van der Waals surface area (Å²) in [4.78, 5) is 4.57. The fourth-order valence-electron chi connectivity index (χ4n) is 4.24. The van der Waals surface area contributed by atoms with Gasteiger partial charge in [-0.3, -0.25) is 4.98 Å². The molecule has 0 spiro atoms. The van der Waals surface area contributed by atoms with Crippen LogP contribution in [0.1, 0.15) is 0 Å². The van der Waals surface area contributed by atoms with Gasteiger partial charge < -0.3 is 0 Å². The maximum absolute atomic E-state index is 4.57. The summed E-state index contributed by atoms with van der Waals surface area (Å²) < 4.78 is 0. The minimum absolute atomic E-state index is 1.08. The van der Waals surface area contributed by atoms with Crippen molar-refractivity contribution in [2.75, 3.05) is 0 Å². The monoisotopic (exact) mass is 303 g/mol. The summed E-state index contributed by atoms with van der Waals surface area (Å²) in [5, 5.41) is 6.55. The Hall–Kier alpha value is -3.19. The lowest BCUT2D eigenvalue weighted by molar-refractivity contribution is 1.42. The molecule has 24 heavy (non-hydrogen) atoms. The lowest BCUT2D eigenvalue weighted by Crippen LogP contribution is -1.84. The summed E-state index contributed by atoms with van der Waals surface area (Å²) >= 11 is 0. The normalized spacial score (nSPS) is 12.2. The average molecular weight is 303 g/mol.